The van der Waals surface area contributed by atoms with Crippen molar-refractivity contribution < 1.29 is 17.9 Å². The maximum absolute atomic E-state index is 12.9. The summed E-state index contributed by atoms with van der Waals surface area (Å²) in [6, 6.07) is 22.3. The summed E-state index contributed by atoms with van der Waals surface area (Å²) in [5.74, 6) is 0.335. The van der Waals surface area contributed by atoms with Crippen LogP contribution in [0.3, 0.4) is 0 Å². The molecule has 0 aliphatic carbocycles. The van der Waals surface area contributed by atoms with Gasteiger partial charge >= 0.3 is 0 Å². The summed E-state index contributed by atoms with van der Waals surface area (Å²) in [7, 11) is -2.11. The molecule has 34 heavy (non-hydrogen) atoms. The fraction of sp³-hybridized carbons (Fsp3) is 0.120. The van der Waals surface area contributed by atoms with Crippen LogP contribution in [-0.2, 0) is 23.2 Å². The summed E-state index contributed by atoms with van der Waals surface area (Å²) in [4.78, 5) is 16.9. The third-order valence-corrected chi connectivity index (χ3v) is 7.51. The average molecular weight is 494 g/mol. The van der Waals surface area contributed by atoms with Crippen molar-refractivity contribution in [3.05, 3.63) is 107 Å². The minimum absolute atomic E-state index is 0.158. The van der Waals surface area contributed by atoms with Gasteiger partial charge in [0.05, 0.1) is 16.1 Å². The Labute approximate surface area is 202 Å². The largest absolute Gasteiger partial charge is 0.487 e. The van der Waals surface area contributed by atoms with Gasteiger partial charge in [0.1, 0.15) is 12.4 Å². The molecule has 0 unspecified atom stereocenters. The van der Waals surface area contributed by atoms with Gasteiger partial charge in [-0.15, -0.1) is 11.3 Å². The second-order valence-electron chi connectivity index (χ2n) is 7.52. The van der Waals surface area contributed by atoms with Gasteiger partial charge in [0.2, 0.25) is 10.0 Å². The monoisotopic (exact) mass is 493 g/mol. The molecule has 9 heteroatoms. The van der Waals surface area contributed by atoms with Gasteiger partial charge in [-0.25, -0.2) is 13.4 Å². The molecule has 174 valence electrons. The first-order valence-corrected chi connectivity index (χ1v) is 12.8. The molecule has 0 saturated heterocycles. The Bertz CT molecular complexity index is 1320. The van der Waals surface area contributed by atoms with Crippen molar-refractivity contribution >= 4 is 33.0 Å². The fourth-order valence-electron chi connectivity index (χ4n) is 3.19. The quantitative estimate of drug-likeness (QED) is 0.362. The first kappa shape index (κ1) is 23.6. The molecule has 0 bridgehead atoms. The highest BCUT2D eigenvalue weighted by Gasteiger charge is 2.21. The van der Waals surface area contributed by atoms with Crippen molar-refractivity contribution in [2.75, 3.05) is 12.4 Å². The molecule has 1 aromatic heterocycles. The van der Waals surface area contributed by atoms with Crippen molar-refractivity contribution in [1.29, 1.82) is 0 Å². The first-order chi connectivity index (χ1) is 16.4. The number of carbonyl (C=O) groups is 1. The number of aromatic nitrogens is 1. The van der Waals surface area contributed by atoms with E-state index in [2.05, 4.69) is 10.3 Å². The minimum Gasteiger partial charge on any atom is -0.487 e. The summed E-state index contributed by atoms with van der Waals surface area (Å²) in [6.45, 7) is 0.635. The number of carbonyl (C=O) groups excluding carboxylic acids is 1. The number of sulfonamides is 1. The van der Waals surface area contributed by atoms with Gasteiger partial charge in [0.25, 0.3) is 5.91 Å². The van der Waals surface area contributed by atoms with E-state index in [1.807, 2.05) is 35.7 Å². The molecule has 0 radical (unpaired) electrons. The van der Waals surface area contributed by atoms with Crippen molar-refractivity contribution in [3.8, 4) is 5.75 Å². The molecule has 3 aromatic carbocycles. The number of ether oxygens (including phenoxy) is 1. The Hall–Kier alpha value is -3.53. The highest BCUT2D eigenvalue weighted by molar-refractivity contribution is 7.89. The number of hydrogen-bond donors (Lipinski definition) is 1. The van der Waals surface area contributed by atoms with Crippen LogP contribution in [0.25, 0.3) is 0 Å². The predicted molar refractivity (Wildman–Crippen MR) is 132 cm³/mol. The number of thiazole rings is 1. The van der Waals surface area contributed by atoms with Gasteiger partial charge in [-0.05, 0) is 54.1 Å². The third kappa shape index (κ3) is 5.88. The van der Waals surface area contributed by atoms with E-state index in [0.717, 1.165) is 11.3 Å². The maximum atomic E-state index is 12.9. The van der Waals surface area contributed by atoms with Crippen molar-refractivity contribution in [2.45, 2.75) is 18.0 Å². The summed E-state index contributed by atoms with van der Waals surface area (Å²) in [5, 5.41) is 4.70. The number of anilines is 1. The molecule has 1 amide bonds. The van der Waals surface area contributed by atoms with E-state index in [9.17, 15) is 13.2 Å². The van der Waals surface area contributed by atoms with Gasteiger partial charge in [-0.1, -0.05) is 30.3 Å². The van der Waals surface area contributed by atoms with Crippen LogP contribution in [0.5, 0.6) is 5.75 Å². The van der Waals surface area contributed by atoms with Crippen LogP contribution >= 0.6 is 11.3 Å². The van der Waals surface area contributed by atoms with Crippen LogP contribution in [0.1, 0.15) is 21.6 Å². The Kier molecular flexibility index (Phi) is 7.36. The molecule has 0 aliphatic heterocycles. The van der Waals surface area contributed by atoms with Crippen molar-refractivity contribution in [3.63, 3.8) is 0 Å². The molecule has 0 atom stereocenters. The highest BCUT2D eigenvalue weighted by Crippen LogP contribution is 2.20. The SMILES string of the molecule is CN(Cc1ccccc1)S(=O)(=O)c1ccc(NC(=O)c2ccc(OCc3cscn3)cc2)cc1. The lowest BCUT2D eigenvalue weighted by Gasteiger charge is -2.17. The summed E-state index contributed by atoms with van der Waals surface area (Å²) in [5.41, 5.74) is 4.45. The summed E-state index contributed by atoms with van der Waals surface area (Å²) < 4.78 is 32.7. The van der Waals surface area contributed by atoms with E-state index in [1.54, 1.807) is 49.0 Å². The van der Waals surface area contributed by atoms with Crippen LogP contribution in [0.15, 0.2) is 94.6 Å². The van der Waals surface area contributed by atoms with Gasteiger partial charge < -0.3 is 10.1 Å². The molecule has 1 heterocycles. The Morgan fingerprint density at radius 2 is 1.71 bits per heavy atom. The Morgan fingerprint density at radius 1 is 1.00 bits per heavy atom. The van der Waals surface area contributed by atoms with Gasteiger partial charge in [-0.2, -0.15) is 4.31 Å². The van der Waals surface area contributed by atoms with Gasteiger partial charge in [0, 0.05) is 30.2 Å². The predicted octanol–water partition coefficient (Wildman–Crippen LogP) is 4.80. The topological polar surface area (TPSA) is 88.6 Å². The van der Waals surface area contributed by atoms with Crippen LogP contribution in [0, 0.1) is 0 Å². The zero-order valence-corrected chi connectivity index (χ0v) is 20.1. The zero-order chi connectivity index (χ0) is 24.0. The number of nitrogens with one attached hydrogen (secondary N) is 1. The van der Waals surface area contributed by atoms with E-state index >= 15 is 0 Å². The van der Waals surface area contributed by atoms with Crippen LogP contribution < -0.4 is 10.1 Å². The van der Waals surface area contributed by atoms with E-state index < -0.39 is 10.0 Å². The number of amides is 1. The molecular formula is C25H23N3O4S2. The van der Waals surface area contributed by atoms with Crippen LogP contribution in [0.4, 0.5) is 5.69 Å². The smallest absolute Gasteiger partial charge is 0.255 e. The average Bonchev–Trinajstić information content (AvgIpc) is 3.38. The zero-order valence-electron chi connectivity index (χ0n) is 18.4. The molecule has 7 nitrogen and oxygen atoms in total. The van der Waals surface area contributed by atoms with Crippen molar-refractivity contribution in [2.24, 2.45) is 0 Å². The maximum Gasteiger partial charge on any atom is 0.255 e. The molecule has 0 spiro atoms. The van der Waals surface area contributed by atoms with E-state index in [0.29, 0.717) is 23.6 Å². The first-order valence-electron chi connectivity index (χ1n) is 10.4. The Morgan fingerprint density at radius 3 is 2.35 bits per heavy atom. The number of benzene rings is 3. The molecule has 0 saturated carbocycles. The van der Waals surface area contributed by atoms with E-state index in [1.165, 1.54) is 27.8 Å². The van der Waals surface area contributed by atoms with Crippen LogP contribution in [-0.4, -0.2) is 30.7 Å². The minimum atomic E-state index is -3.66. The molecule has 0 aliphatic rings. The molecule has 0 fully saturated rings. The molecule has 4 rings (SSSR count). The highest BCUT2D eigenvalue weighted by atomic mass is 32.2. The van der Waals surface area contributed by atoms with Gasteiger partial charge in [0.15, 0.2) is 0 Å². The lowest BCUT2D eigenvalue weighted by atomic mass is 10.2. The Balaban J connectivity index is 1.35. The fourth-order valence-corrected chi connectivity index (χ4v) is 4.89. The second kappa shape index (κ2) is 10.6. The van der Waals surface area contributed by atoms with E-state index in [4.69, 9.17) is 4.74 Å². The lowest BCUT2D eigenvalue weighted by molar-refractivity contribution is 0.102. The standard InChI is InChI=1S/C25H23N3O4S2/c1-28(15-19-5-3-2-4-6-19)34(30,31)24-13-9-21(10-14-24)27-25(29)20-7-11-23(12-8-20)32-16-22-17-33-18-26-22/h2-14,17-18H,15-16H2,1H3,(H,27,29). The van der Waals surface area contributed by atoms with Gasteiger partial charge in [-0.3, -0.25) is 4.79 Å². The number of rotatable bonds is 9. The summed E-state index contributed by atoms with van der Waals surface area (Å²) in [6.07, 6.45) is 0. The number of hydrogen-bond acceptors (Lipinski definition) is 6. The van der Waals surface area contributed by atoms with Crippen LogP contribution in [0.2, 0.25) is 0 Å². The normalized spacial score (nSPS) is 11.4. The molecular weight excluding hydrogens is 470 g/mol. The number of nitrogens with zero attached hydrogens (tertiary/aromatic N) is 2. The van der Waals surface area contributed by atoms with Crippen molar-refractivity contribution in [1.82, 2.24) is 9.29 Å². The molecule has 1 N–H and O–H groups in total. The van der Waals surface area contributed by atoms with E-state index in [-0.39, 0.29) is 17.3 Å². The summed E-state index contributed by atoms with van der Waals surface area (Å²) >= 11 is 1.51. The second-order valence-corrected chi connectivity index (χ2v) is 10.3. The third-order valence-electron chi connectivity index (χ3n) is 5.06. The molecule has 4 aromatic rings. The lowest BCUT2D eigenvalue weighted by Crippen LogP contribution is -2.26.